The third-order valence-electron chi connectivity index (χ3n) is 4.48. The highest BCUT2D eigenvalue weighted by atomic mass is 16.5. The molecule has 25 heavy (non-hydrogen) atoms. The summed E-state index contributed by atoms with van der Waals surface area (Å²) in [6.45, 7) is 1.39. The number of phenols is 1. The molecule has 6 heteroatoms. The number of amides is 1. The van der Waals surface area contributed by atoms with Crippen LogP contribution in [0.25, 0.3) is 0 Å². The van der Waals surface area contributed by atoms with Crippen LogP contribution in [-0.4, -0.2) is 48.2 Å². The van der Waals surface area contributed by atoms with Gasteiger partial charge in [-0.2, -0.15) is 4.98 Å². The monoisotopic (exact) mass is 342 g/mol. The number of phenolic OH excluding ortho intramolecular Hbond substituents is 1. The Balaban J connectivity index is 1.68. The van der Waals surface area contributed by atoms with Gasteiger partial charge in [0, 0.05) is 19.2 Å². The van der Waals surface area contributed by atoms with Gasteiger partial charge in [-0.05, 0) is 42.5 Å². The molecule has 1 aliphatic heterocycles. The predicted molar refractivity (Wildman–Crippen MR) is 93.2 cm³/mol. The number of hydrogen-bond acceptors (Lipinski definition) is 5. The second-order valence-corrected chi connectivity index (χ2v) is 6.19. The topological polar surface area (TPSA) is 71.9 Å². The molecule has 132 valence electrons. The van der Waals surface area contributed by atoms with E-state index < -0.39 is 0 Å². The van der Waals surface area contributed by atoms with Gasteiger partial charge in [0.05, 0.1) is 14.2 Å². The Morgan fingerprint density at radius 2 is 2.12 bits per heavy atom. The van der Waals surface area contributed by atoms with Crippen molar-refractivity contribution in [3.63, 3.8) is 0 Å². The summed E-state index contributed by atoms with van der Waals surface area (Å²) in [5, 5.41) is 9.58. The summed E-state index contributed by atoms with van der Waals surface area (Å²) in [5.41, 5.74) is 1.53. The van der Waals surface area contributed by atoms with Gasteiger partial charge in [0.2, 0.25) is 11.8 Å². The summed E-state index contributed by atoms with van der Waals surface area (Å²) in [7, 11) is 3.02. The zero-order valence-electron chi connectivity index (χ0n) is 14.4. The number of benzene rings is 1. The molecule has 0 aliphatic carbocycles. The molecule has 3 rings (SSSR count). The Labute approximate surface area is 147 Å². The van der Waals surface area contributed by atoms with Gasteiger partial charge in [0.1, 0.15) is 11.3 Å². The van der Waals surface area contributed by atoms with Crippen LogP contribution in [0.1, 0.15) is 22.3 Å². The number of carbonyl (C=O) groups excluding carboxylic acids is 1. The van der Waals surface area contributed by atoms with Crippen molar-refractivity contribution in [1.82, 2.24) is 9.88 Å². The highest BCUT2D eigenvalue weighted by Crippen LogP contribution is 2.27. The molecule has 1 N–H and O–H groups in total. The number of rotatable bonds is 5. The molecule has 1 unspecified atom stereocenters. The van der Waals surface area contributed by atoms with Crippen LogP contribution in [0.3, 0.4) is 0 Å². The molecule has 1 atom stereocenters. The van der Waals surface area contributed by atoms with E-state index in [1.165, 1.54) is 14.2 Å². The van der Waals surface area contributed by atoms with Crippen molar-refractivity contribution in [2.75, 3.05) is 27.3 Å². The van der Waals surface area contributed by atoms with E-state index in [1.807, 2.05) is 17.0 Å². The number of aromatic hydroxyl groups is 1. The maximum atomic E-state index is 12.8. The van der Waals surface area contributed by atoms with E-state index in [2.05, 4.69) is 4.98 Å². The molecule has 2 heterocycles. The number of carbonyl (C=O) groups is 1. The van der Waals surface area contributed by atoms with Crippen LogP contribution in [0.15, 0.2) is 36.4 Å². The molecule has 1 aromatic carbocycles. The first-order chi connectivity index (χ1) is 12.1. The van der Waals surface area contributed by atoms with Gasteiger partial charge in [-0.25, -0.2) is 0 Å². The molecule has 0 bridgehead atoms. The average Bonchev–Trinajstić information content (AvgIpc) is 3.09. The zero-order valence-corrected chi connectivity index (χ0v) is 14.4. The summed E-state index contributed by atoms with van der Waals surface area (Å²) in [6.07, 6.45) is 1.78. The molecule has 6 nitrogen and oxygen atoms in total. The Morgan fingerprint density at radius 3 is 2.84 bits per heavy atom. The van der Waals surface area contributed by atoms with E-state index in [9.17, 15) is 9.90 Å². The Bertz CT molecular complexity index is 763. The van der Waals surface area contributed by atoms with Crippen LogP contribution < -0.4 is 9.47 Å². The highest BCUT2D eigenvalue weighted by molar-refractivity contribution is 5.96. The molecule has 1 aromatic heterocycles. The lowest BCUT2D eigenvalue weighted by atomic mass is 9.98. The minimum absolute atomic E-state index is 0.0783. The molecule has 2 aromatic rings. The summed E-state index contributed by atoms with van der Waals surface area (Å²) >= 11 is 0. The van der Waals surface area contributed by atoms with Crippen molar-refractivity contribution in [1.29, 1.82) is 0 Å². The van der Waals surface area contributed by atoms with E-state index in [-0.39, 0.29) is 17.5 Å². The first-order valence-electron chi connectivity index (χ1n) is 8.27. The van der Waals surface area contributed by atoms with Gasteiger partial charge >= 0.3 is 0 Å². The molecular weight excluding hydrogens is 320 g/mol. The normalized spacial score (nSPS) is 16.7. The summed E-state index contributed by atoms with van der Waals surface area (Å²) < 4.78 is 10.3. The van der Waals surface area contributed by atoms with Crippen LogP contribution in [-0.2, 0) is 6.42 Å². The highest BCUT2D eigenvalue weighted by Gasteiger charge is 2.29. The maximum absolute atomic E-state index is 12.8. The molecule has 1 fully saturated rings. The number of pyridine rings is 1. The first kappa shape index (κ1) is 17.1. The Hall–Kier alpha value is -2.76. The van der Waals surface area contributed by atoms with Crippen molar-refractivity contribution >= 4 is 5.91 Å². The SMILES string of the molecule is COc1ccc(C(=O)N2CCC(Cc3cccc(O)c3)C2)c(OC)n1. The van der Waals surface area contributed by atoms with Crippen molar-refractivity contribution in [2.24, 2.45) is 5.92 Å². The molecule has 0 radical (unpaired) electrons. The van der Waals surface area contributed by atoms with Gasteiger partial charge in [0.15, 0.2) is 0 Å². The lowest BCUT2D eigenvalue weighted by molar-refractivity contribution is 0.0782. The summed E-state index contributed by atoms with van der Waals surface area (Å²) in [5.74, 6) is 1.27. The van der Waals surface area contributed by atoms with Crippen molar-refractivity contribution in [3.05, 3.63) is 47.5 Å². The first-order valence-corrected chi connectivity index (χ1v) is 8.27. The number of nitrogens with zero attached hydrogens (tertiary/aromatic N) is 2. The van der Waals surface area contributed by atoms with E-state index >= 15 is 0 Å². The molecule has 1 aliphatic rings. The average molecular weight is 342 g/mol. The largest absolute Gasteiger partial charge is 0.508 e. The molecule has 1 saturated heterocycles. The fourth-order valence-electron chi connectivity index (χ4n) is 3.23. The van der Waals surface area contributed by atoms with Gasteiger partial charge < -0.3 is 19.5 Å². The van der Waals surface area contributed by atoms with Crippen LogP contribution in [0, 0.1) is 5.92 Å². The number of hydrogen-bond donors (Lipinski definition) is 1. The van der Waals surface area contributed by atoms with Gasteiger partial charge in [0.25, 0.3) is 5.91 Å². The number of aromatic nitrogens is 1. The third-order valence-corrected chi connectivity index (χ3v) is 4.48. The molecule has 1 amide bonds. The fraction of sp³-hybridized carbons (Fsp3) is 0.368. The van der Waals surface area contributed by atoms with E-state index in [0.717, 1.165) is 18.4 Å². The van der Waals surface area contributed by atoms with E-state index in [4.69, 9.17) is 9.47 Å². The van der Waals surface area contributed by atoms with Crippen molar-refractivity contribution in [3.8, 4) is 17.5 Å². The van der Waals surface area contributed by atoms with E-state index in [0.29, 0.717) is 30.5 Å². The number of methoxy groups -OCH3 is 2. The van der Waals surface area contributed by atoms with Gasteiger partial charge in [-0.1, -0.05) is 12.1 Å². The van der Waals surface area contributed by atoms with Crippen LogP contribution in [0.4, 0.5) is 0 Å². The number of likely N-dealkylation sites (tertiary alicyclic amines) is 1. The Kier molecular flexibility index (Phi) is 5.07. The number of ether oxygens (including phenoxy) is 2. The zero-order chi connectivity index (χ0) is 17.8. The molecule has 0 saturated carbocycles. The lowest BCUT2D eigenvalue weighted by Gasteiger charge is -2.18. The third kappa shape index (κ3) is 3.84. The Morgan fingerprint density at radius 1 is 1.28 bits per heavy atom. The van der Waals surface area contributed by atoms with Crippen molar-refractivity contribution < 1.29 is 19.4 Å². The minimum atomic E-state index is -0.0783. The van der Waals surface area contributed by atoms with Gasteiger partial charge in [-0.15, -0.1) is 0 Å². The van der Waals surface area contributed by atoms with Crippen LogP contribution >= 0.6 is 0 Å². The molecule has 0 spiro atoms. The predicted octanol–water partition coefficient (Wildman–Crippen LogP) is 2.51. The summed E-state index contributed by atoms with van der Waals surface area (Å²) in [6, 6.07) is 10.6. The molecular formula is C19H22N2O4. The van der Waals surface area contributed by atoms with Crippen LogP contribution in [0.5, 0.6) is 17.5 Å². The van der Waals surface area contributed by atoms with Crippen molar-refractivity contribution in [2.45, 2.75) is 12.8 Å². The summed E-state index contributed by atoms with van der Waals surface area (Å²) in [4.78, 5) is 18.8. The lowest BCUT2D eigenvalue weighted by Crippen LogP contribution is -2.29. The van der Waals surface area contributed by atoms with Gasteiger partial charge in [-0.3, -0.25) is 4.79 Å². The second-order valence-electron chi connectivity index (χ2n) is 6.19. The quantitative estimate of drug-likeness (QED) is 0.904. The minimum Gasteiger partial charge on any atom is -0.508 e. The fourth-order valence-corrected chi connectivity index (χ4v) is 3.23. The maximum Gasteiger partial charge on any atom is 0.259 e. The second kappa shape index (κ2) is 7.42. The van der Waals surface area contributed by atoms with E-state index in [1.54, 1.807) is 24.3 Å². The standard InChI is InChI=1S/C19H22N2O4/c1-24-17-7-6-16(18(20-17)25-2)19(23)21-9-8-14(12-21)10-13-4-3-5-15(22)11-13/h3-7,11,14,22H,8-10,12H2,1-2H3. The smallest absolute Gasteiger partial charge is 0.259 e. The van der Waals surface area contributed by atoms with Crippen LogP contribution in [0.2, 0.25) is 0 Å².